The lowest BCUT2D eigenvalue weighted by atomic mass is 10.3. The Morgan fingerprint density at radius 2 is 1.50 bits per heavy atom. The Hall–Kier alpha value is -0.310. The first kappa shape index (κ1) is 27.7. The second kappa shape index (κ2) is 13.1. The molecular weight excluding hydrogens is 461 g/mol. The van der Waals surface area contributed by atoms with E-state index in [0.717, 1.165) is 0 Å². The molecule has 0 radical (unpaired) electrons. The van der Waals surface area contributed by atoms with E-state index >= 15 is 0 Å². The summed E-state index contributed by atoms with van der Waals surface area (Å²) in [5.41, 5.74) is 6.97. The lowest BCUT2D eigenvalue weighted by Gasteiger charge is -2.25. The van der Waals surface area contributed by atoms with Gasteiger partial charge in [-0.25, -0.2) is 14.6 Å². The first-order valence-corrected chi connectivity index (χ1v) is 13.1. The van der Waals surface area contributed by atoms with E-state index in [1.165, 1.54) is 5.06 Å². The molecule has 1 aromatic rings. The van der Waals surface area contributed by atoms with Gasteiger partial charge in [0.05, 0.1) is 5.69 Å². The highest BCUT2D eigenvalue weighted by Gasteiger charge is 2.21. The number of hydrogen-bond acceptors (Lipinski definition) is 8. The van der Waals surface area contributed by atoms with Gasteiger partial charge in [0.1, 0.15) is 0 Å². The van der Waals surface area contributed by atoms with Crippen LogP contribution in [-0.4, -0.2) is 60.6 Å². The van der Waals surface area contributed by atoms with E-state index in [9.17, 15) is 4.57 Å². The fraction of sp³-hybridized carbons (Fsp3) is 0.400. The number of hydroxylamine groups is 2. The lowest BCUT2D eigenvalue weighted by Crippen LogP contribution is -2.42. The van der Waals surface area contributed by atoms with Crippen molar-refractivity contribution in [1.82, 2.24) is 10.4 Å². The van der Waals surface area contributed by atoms with Crippen molar-refractivity contribution in [3.8, 4) is 0 Å². The molecular formula is C10H23N4O10P3S. The molecule has 1 fully saturated rings. The van der Waals surface area contributed by atoms with Crippen LogP contribution >= 0.6 is 22.3 Å². The van der Waals surface area contributed by atoms with Crippen LogP contribution in [0.1, 0.15) is 0 Å². The van der Waals surface area contributed by atoms with Crippen molar-refractivity contribution >= 4 is 39.8 Å². The predicted molar refractivity (Wildman–Crippen MR) is 104 cm³/mol. The summed E-state index contributed by atoms with van der Waals surface area (Å²) < 4.78 is 28.2. The molecule has 10 N–H and O–H groups in total. The Morgan fingerprint density at radius 3 is 1.89 bits per heavy atom. The second-order valence-corrected chi connectivity index (χ2v) is 9.80. The summed E-state index contributed by atoms with van der Waals surface area (Å²) >= 11 is 4.22. The maximum Gasteiger partial charge on any atom is 0.486 e. The van der Waals surface area contributed by atoms with Gasteiger partial charge in [-0.2, -0.15) is 14.3 Å². The van der Waals surface area contributed by atoms with Crippen molar-refractivity contribution in [1.29, 1.82) is 0 Å². The van der Waals surface area contributed by atoms with Crippen LogP contribution in [0.5, 0.6) is 0 Å². The Balaban J connectivity index is 0.000000424. The van der Waals surface area contributed by atoms with Gasteiger partial charge in [0.15, 0.2) is 0 Å². The fourth-order valence-electron chi connectivity index (χ4n) is 1.49. The van der Waals surface area contributed by atoms with Crippen LogP contribution in [0.3, 0.4) is 0 Å². The third-order valence-electron chi connectivity index (χ3n) is 2.35. The number of benzene rings is 1. The minimum Gasteiger partial charge on any atom is -0.323 e. The van der Waals surface area contributed by atoms with Gasteiger partial charge in [0.2, 0.25) is 0 Å². The Bertz CT molecular complexity index is 682. The van der Waals surface area contributed by atoms with Gasteiger partial charge in [0.25, 0.3) is 0 Å². The number of para-hydroxylation sites is 1. The highest BCUT2D eigenvalue weighted by Crippen LogP contribution is 2.37. The van der Waals surface area contributed by atoms with Crippen LogP contribution in [0, 0.1) is 0 Å². The van der Waals surface area contributed by atoms with Gasteiger partial charge in [-0.1, -0.05) is 18.2 Å². The number of piperazine rings is 1. The van der Waals surface area contributed by atoms with Gasteiger partial charge in [0, 0.05) is 26.2 Å². The van der Waals surface area contributed by atoms with E-state index in [-0.39, 0.29) is 0 Å². The number of hydrogen-bond donors (Lipinski definition) is 9. The molecule has 1 aromatic carbocycles. The molecule has 1 saturated heterocycles. The normalized spacial score (nSPS) is 15.5. The number of phosphoric acid groups is 1. The summed E-state index contributed by atoms with van der Waals surface area (Å²) in [7, 11) is -8.47. The molecule has 1 aliphatic heterocycles. The summed E-state index contributed by atoms with van der Waals surface area (Å²) in [6, 6.07) is 8.82. The van der Waals surface area contributed by atoms with E-state index < -0.39 is 22.3 Å². The zero-order chi connectivity index (χ0) is 21.8. The molecule has 18 heteroatoms. The van der Waals surface area contributed by atoms with E-state index in [0.29, 0.717) is 31.9 Å². The summed E-state index contributed by atoms with van der Waals surface area (Å²) in [4.78, 5) is 49.0. The van der Waals surface area contributed by atoms with Crippen LogP contribution in [-0.2, 0) is 30.2 Å². The van der Waals surface area contributed by atoms with E-state index in [2.05, 4.69) is 37.4 Å². The van der Waals surface area contributed by atoms with Crippen molar-refractivity contribution in [3.05, 3.63) is 30.3 Å². The molecule has 0 aromatic heterocycles. The largest absolute Gasteiger partial charge is 0.486 e. The van der Waals surface area contributed by atoms with Gasteiger partial charge in [-0.3, -0.25) is 5.48 Å². The lowest BCUT2D eigenvalue weighted by molar-refractivity contribution is -0.0877. The molecule has 0 saturated carbocycles. The molecule has 0 atom stereocenters. The molecule has 0 bridgehead atoms. The molecule has 0 unspecified atom stereocenters. The average molecular weight is 484 g/mol. The topological polar surface area (TPSA) is 227 Å². The minimum absolute atomic E-state index is 0.505. The van der Waals surface area contributed by atoms with Crippen LogP contribution in [0.15, 0.2) is 30.3 Å². The molecule has 0 aliphatic carbocycles. The molecule has 2 rings (SSSR count). The SMILES string of the molecule is NP(=O)(O)O.O=P(O)(O)ON1CCNCC1.OP(O)(=S)ONc1ccccc1. The van der Waals surface area contributed by atoms with Crippen molar-refractivity contribution < 1.29 is 47.7 Å². The third-order valence-corrected chi connectivity index (χ3v) is 3.35. The number of anilines is 1. The first-order chi connectivity index (χ1) is 12.7. The van der Waals surface area contributed by atoms with Crippen LogP contribution in [0.25, 0.3) is 0 Å². The summed E-state index contributed by atoms with van der Waals surface area (Å²) in [6.45, 7) is -1.21. The Kier molecular flexibility index (Phi) is 12.9. The van der Waals surface area contributed by atoms with Gasteiger partial charge >= 0.3 is 22.3 Å². The highest BCUT2D eigenvalue weighted by atomic mass is 32.5. The molecule has 14 nitrogen and oxygen atoms in total. The van der Waals surface area contributed by atoms with Gasteiger partial charge < -0.3 is 34.7 Å². The van der Waals surface area contributed by atoms with Crippen molar-refractivity contribution in [2.45, 2.75) is 0 Å². The molecule has 1 aliphatic rings. The molecule has 164 valence electrons. The van der Waals surface area contributed by atoms with E-state index in [1.54, 1.807) is 24.3 Å². The number of nitrogens with one attached hydrogen (secondary N) is 2. The summed E-state index contributed by atoms with van der Waals surface area (Å²) in [5, 5.41) is 4.30. The minimum atomic E-state index is -4.34. The number of nitrogens with zero attached hydrogens (tertiary/aromatic N) is 1. The average Bonchev–Trinajstić information content (AvgIpc) is 2.52. The smallest absolute Gasteiger partial charge is 0.323 e. The third kappa shape index (κ3) is 22.0. The second-order valence-electron chi connectivity index (χ2n) is 4.89. The Morgan fingerprint density at radius 1 is 1.04 bits per heavy atom. The molecule has 1 heterocycles. The molecule has 0 amide bonds. The quantitative estimate of drug-likeness (QED) is 0.184. The standard InChI is InChI=1S/C6H8NO3PS.C4H11N2O4P.H4NO3P/c8-11(9,12)10-7-6-4-2-1-3-5-6;7-11(8,9)10-6-3-1-5-2-4-6;1-5(2,3)4/h1-5,7H,(H2,8,9,12);5H,1-4H2,(H2,7,8,9);(H4,1,2,3,4). The predicted octanol–water partition coefficient (Wildman–Crippen LogP) is -0.807. The van der Waals surface area contributed by atoms with Crippen LogP contribution in [0.4, 0.5) is 5.69 Å². The monoisotopic (exact) mass is 484 g/mol. The first-order valence-electron chi connectivity index (χ1n) is 7.26. The van der Waals surface area contributed by atoms with Crippen molar-refractivity contribution in [2.24, 2.45) is 5.50 Å². The maximum atomic E-state index is 10.3. The van der Waals surface area contributed by atoms with Crippen molar-refractivity contribution in [3.63, 3.8) is 0 Å². The highest BCUT2D eigenvalue weighted by molar-refractivity contribution is 8.06. The molecule has 0 spiro atoms. The maximum absolute atomic E-state index is 10.3. The summed E-state index contributed by atoms with van der Waals surface area (Å²) in [6.07, 6.45) is 0. The van der Waals surface area contributed by atoms with E-state index in [1.807, 2.05) is 6.07 Å². The molecule has 28 heavy (non-hydrogen) atoms. The zero-order valence-electron chi connectivity index (χ0n) is 14.3. The number of nitrogens with two attached hydrogens (primary N) is 1. The van der Waals surface area contributed by atoms with Gasteiger partial charge in [-0.15, -0.1) is 0 Å². The number of rotatable bonds is 5. The van der Waals surface area contributed by atoms with E-state index in [4.69, 9.17) is 33.9 Å². The Labute approximate surface area is 165 Å². The van der Waals surface area contributed by atoms with Crippen LogP contribution in [0.2, 0.25) is 0 Å². The fourth-order valence-corrected chi connectivity index (χ4v) is 2.30. The van der Waals surface area contributed by atoms with Crippen LogP contribution < -0.4 is 16.3 Å². The van der Waals surface area contributed by atoms with Gasteiger partial charge in [-0.05, 0) is 23.9 Å². The van der Waals surface area contributed by atoms with Crippen molar-refractivity contribution in [2.75, 3.05) is 31.7 Å². The summed E-state index contributed by atoms with van der Waals surface area (Å²) in [5.74, 6) is 0. The zero-order valence-corrected chi connectivity index (χ0v) is 17.8.